The number of nitrogens with two attached hydrogens (primary N) is 2. The first-order valence-electron chi connectivity index (χ1n) is 7.32. The molecule has 0 saturated heterocycles. The van der Waals surface area contributed by atoms with Crippen molar-refractivity contribution in [3.05, 3.63) is 35.4 Å². The van der Waals surface area contributed by atoms with Crippen molar-refractivity contribution in [1.82, 2.24) is 0 Å². The van der Waals surface area contributed by atoms with E-state index in [2.05, 4.69) is 31.2 Å². The summed E-state index contributed by atoms with van der Waals surface area (Å²) in [4.78, 5) is 0. The van der Waals surface area contributed by atoms with Crippen LogP contribution in [0.25, 0.3) is 0 Å². The first-order valence-corrected chi connectivity index (χ1v) is 7.32. The van der Waals surface area contributed by atoms with Gasteiger partial charge in [0.25, 0.3) is 0 Å². The molecule has 0 heterocycles. The largest absolute Gasteiger partial charge is 0.329 e. The highest BCUT2D eigenvalue weighted by Gasteiger charge is 2.02. The quantitative estimate of drug-likeness (QED) is 0.657. The Kier molecular flexibility index (Phi) is 7.70. The molecule has 2 nitrogen and oxygen atoms in total. The minimum atomic E-state index is -0.0203. The highest BCUT2D eigenvalue weighted by atomic mass is 14.7. The lowest BCUT2D eigenvalue weighted by molar-refractivity contribution is 0.607. The third-order valence-electron chi connectivity index (χ3n) is 3.48. The van der Waals surface area contributed by atoms with Crippen LogP contribution in [-0.4, -0.2) is 6.54 Å². The first kappa shape index (κ1) is 15.2. The van der Waals surface area contributed by atoms with Gasteiger partial charge < -0.3 is 11.5 Å². The van der Waals surface area contributed by atoms with Gasteiger partial charge in [0.15, 0.2) is 0 Å². The van der Waals surface area contributed by atoms with E-state index in [-0.39, 0.29) is 6.04 Å². The molecule has 4 N–H and O–H groups in total. The van der Waals surface area contributed by atoms with Gasteiger partial charge in [0.2, 0.25) is 0 Å². The molecule has 2 heteroatoms. The van der Waals surface area contributed by atoms with Gasteiger partial charge in [0, 0.05) is 12.6 Å². The van der Waals surface area contributed by atoms with E-state index < -0.39 is 0 Å². The monoisotopic (exact) mass is 248 g/mol. The molecular formula is C16H28N2. The van der Waals surface area contributed by atoms with Crippen molar-refractivity contribution in [1.29, 1.82) is 0 Å². The fraction of sp³-hybridized carbons (Fsp3) is 0.625. The lowest BCUT2D eigenvalue weighted by Crippen LogP contribution is -2.20. The summed E-state index contributed by atoms with van der Waals surface area (Å²) >= 11 is 0. The third-order valence-corrected chi connectivity index (χ3v) is 3.48. The minimum absolute atomic E-state index is 0.0203. The highest BCUT2D eigenvalue weighted by molar-refractivity contribution is 5.25. The third kappa shape index (κ3) is 5.65. The zero-order chi connectivity index (χ0) is 13.2. The second kappa shape index (κ2) is 9.12. The maximum absolute atomic E-state index is 5.89. The van der Waals surface area contributed by atoms with Crippen LogP contribution in [0.15, 0.2) is 24.3 Å². The van der Waals surface area contributed by atoms with Crippen LogP contribution in [-0.2, 0) is 6.42 Å². The van der Waals surface area contributed by atoms with Crippen LogP contribution >= 0.6 is 0 Å². The summed E-state index contributed by atoms with van der Waals surface area (Å²) in [7, 11) is 0. The van der Waals surface area contributed by atoms with Gasteiger partial charge in [-0.1, -0.05) is 63.3 Å². The maximum Gasteiger partial charge on any atom is 0.0419 e. The molecule has 0 bridgehead atoms. The Morgan fingerprint density at radius 3 is 2.17 bits per heavy atom. The standard InChI is InChI=1S/C16H28N2/c1-2-3-4-5-6-7-8-14-9-11-15(12-10-14)16(18)13-17/h9-12,16H,2-8,13,17-18H2,1H3. The van der Waals surface area contributed by atoms with Crippen molar-refractivity contribution in [2.45, 2.75) is 57.9 Å². The minimum Gasteiger partial charge on any atom is -0.329 e. The number of hydrogen-bond donors (Lipinski definition) is 2. The summed E-state index contributed by atoms with van der Waals surface area (Å²) < 4.78 is 0. The van der Waals surface area contributed by atoms with E-state index in [0.29, 0.717) is 6.54 Å². The fourth-order valence-electron chi connectivity index (χ4n) is 2.18. The van der Waals surface area contributed by atoms with Crippen molar-refractivity contribution in [2.24, 2.45) is 11.5 Å². The maximum atomic E-state index is 5.89. The van der Waals surface area contributed by atoms with Crippen molar-refractivity contribution in [2.75, 3.05) is 6.54 Å². The van der Waals surface area contributed by atoms with Crippen molar-refractivity contribution >= 4 is 0 Å². The summed E-state index contributed by atoms with van der Waals surface area (Å²) in [6.07, 6.45) is 9.31. The predicted octanol–water partition coefficient (Wildman–Crippen LogP) is 3.55. The number of aryl methyl sites for hydroxylation is 1. The lowest BCUT2D eigenvalue weighted by atomic mass is 10.0. The topological polar surface area (TPSA) is 52.0 Å². The molecule has 0 saturated carbocycles. The molecule has 1 aromatic carbocycles. The first-order chi connectivity index (χ1) is 8.77. The zero-order valence-corrected chi connectivity index (χ0v) is 11.7. The molecule has 0 aromatic heterocycles. The average Bonchev–Trinajstić information content (AvgIpc) is 2.42. The van der Waals surface area contributed by atoms with E-state index in [1.807, 2.05) is 0 Å². The van der Waals surface area contributed by atoms with Crippen LogP contribution in [0.5, 0.6) is 0 Å². The molecule has 0 radical (unpaired) electrons. The summed E-state index contributed by atoms with van der Waals surface area (Å²) in [6.45, 7) is 2.77. The zero-order valence-electron chi connectivity index (χ0n) is 11.7. The average molecular weight is 248 g/mol. The van der Waals surface area contributed by atoms with Gasteiger partial charge in [-0.3, -0.25) is 0 Å². The van der Waals surface area contributed by atoms with Crippen molar-refractivity contribution in [3.8, 4) is 0 Å². The second-order valence-corrected chi connectivity index (χ2v) is 5.10. The number of rotatable bonds is 9. The van der Waals surface area contributed by atoms with Crippen LogP contribution in [0.2, 0.25) is 0 Å². The number of benzene rings is 1. The van der Waals surface area contributed by atoms with E-state index in [4.69, 9.17) is 11.5 Å². The smallest absolute Gasteiger partial charge is 0.0419 e. The molecule has 0 aliphatic rings. The van der Waals surface area contributed by atoms with Crippen LogP contribution in [0.4, 0.5) is 0 Å². The van der Waals surface area contributed by atoms with Gasteiger partial charge in [-0.05, 0) is 24.0 Å². The van der Waals surface area contributed by atoms with Crippen LogP contribution in [0.1, 0.15) is 62.6 Å². The number of hydrogen-bond acceptors (Lipinski definition) is 2. The highest BCUT2D eigenvalue weighted by Crippen LogP contribution is 2.13. The SMILES string of the molecule is CCCCCCCCc1ccc(C(N)CN)cc1. The number of unbranched alkanes of at least 4 members (excludes halogenated alkanes) is 5. The molecule has 1 rings (SSSR count). The fourth-order valence-corrected chi connectivity index (χ4v) is 2.18. The van der Waals surface area contributed by atoms with Crippen LogP contribution in [0, 0.1) is 0 Å². The van der Waals surface area contributed by atoms with E-state index in [1.54, 1.807) is 0 Å². The molecule has 0 amide bonds. The van der Waals surface area contributed by atoms with Gasteiger partial charge in [0.05, 0.1) is 0 Å². The van der Waals surface area contributed by atoms with E-state index in [1.165, 1.54) is 50.5 Å². The summed E-state index contributed by atoms with van der Waals surface area (Å²) in [6, 6.07) is 8.59. The molecule has 0 fully saturated rings. The normalized spacial score (nSPS) is 12.6. The molecule has 1 unspecified atom stereocenters. The summed E-state index contributed by atoms with van der Waals surface area (Å²) in [5, 5.41) is 0. The van der Waals surface area contributed by atoms with Crippen LogP contribution < -0.4 is 11.5 Å². The van der Waals surface area contributed by atoms with Gasteiger partial charge in [0.1, 0.15) is 0 Å². The van der Waals surface area contributed by atoms with Gasteiger partial charge in [-0.25, -0.2) is 0 Å². The van der Waals surface area contributed by atoms with Gasteiger partial charge >= 0.3 is 0 Å². The molecule has 0 aliphatic carbocycles. The molecule has 1 aromatic rings. The molecule has 0 spiro atoms. The van der Waals surface area contributed by atoms with Crippen molar-refractivity contribution < 1.29 is 0 Å². The summed E-state index contributed by atoms with van der Waals surface area (Å²) in [5.41, 5.74) is 14.0. The second-order valence-electron chi connectivity index (χ2n) is 5.10. The molecule has 18 heavy (non-hydrogen) atoms. The van der Waals surface area contributed by atoms with Crippen LogP contribution in [0.3, 0.4) is 0 Å². The van der Waals surface area contributed by atoms with E-state index in [0.717, 1.165) is 5.56 Å². The lowest BCUT2D eigenvalue weighted by Gasteiger charge is -2.09. The van der Waals surface area contributed by atoms with E-state index in [9.17, 15) is 0 Å². The van der Waals surface area contributed by atoms with Crippen molar-refractivity contribution in [3.63, 3.8) is 0 Å². The Morgan fingerprint density at radius 2 is 1.56 bits per heavy atom. The van der Waals surface area contributed by atoms with Gasteiger partial charge in [-0.15, -0.1) is 0 Å². The summed E-state index contributed by atoms with van der Waals surface area (Å²) in [5.74, 6) is 0. The van der Waals surface area contributed by atoms with Gasteiger partial charge in [-0.2, -0.15) is 0 Å². The molecule has 102 valence electrons. The Morgan fingerprint density at radius 1 is 0.944 bits per heavy atom. The van der Waals surface area contributed by atoms with E-state index >= 15 is 0 Å². The Bertz CT molecular complexity index is 305. The molecular weight excluding hydrogens is 220 g/mol. The predicted molar refractivity (Wildman–Crippen MR) is 79.5 cm³/mol. The Labute approximate surface area is 112 Å². The Hall–Kier alpha value is -0.860. The molecule has 1 atom stereocenters. The Balaban J connectivity index is 2.22. The molecule has 0 aliphatic heterocycles.